The normalized spacial score (nSPS) is 14.7. The van der Waals surface area contributed by atoms with E-state index in [0.717, 1.165) is 17.2 Å². The summed E-state index contributed by atoms with van der Waals surface area (Å²) in [6, 6.07) is 13.8. The van der Waals surface area contributed by atoms with E-state index in [9.17, 15) is 22.8 Å². The van der Waals surface area contributed by atoms with Gasteiger partial charge in [-0.25, -0.2) is 0 Å². The molecule has 3 rings (SSSR count). The predicted octanol–water partition coefficient (Wildman–Crippen LogP) is 5.53. The van der Waals surface area contributed by atoms with Crippen LogP contribution in [0.2, 0.25) is 5.02 Å². The zero-order chi connectivity index (χ0) is 25.0. The molecule has 0 saturated carbocycles. The van der Waals surface area contributed by atoms with Gasteiger partial charge in [-0.3, -0.25) is 14.6 Å². The van der Waals surface area contributed by atoms with Gasteiger partial charge in [0.1, 0.15) is 6.54 Å². The number of rotatable bonds is 5. The summed E-state index contributed by atoms with van der Waals surface area (Å²) in [5.74, 6) is -1.04. The lowest BCUT2D eigenvalue weighted by molar-refractivity contribution is -0.136. The molecule has 0 radical (unpaired) electrons. The van der Waals surface area contributed by atoms with Crippen molar-refractivity contribution in [3.8, 4) is 0 Å². The van der Waals surface area contributed by atoms with Gasteiger partial charge in [0, 0.05) is 0 Å². The van der Waals surface area contributed by atoms with E-state index in [0.29, 0.717) is 17.1 Å². The Hall–Kier alpha value is -3.33. The number of anilines is 1. The van der Waals surface area contributed by atoms with Crippen molar-refractivity contribution in [3.05, 3.63) is 76.8 Å². The molecule has 1 atom stereocenters. The number of aryl methyl sites for hydroxylation is 1. The summed E-state index contributed by atoms with van der Waals surface area (Å²) in [4.78, 5) is 18.9. The number of halogens is 4. The number of alkyl halides is 3. The van der Waals surface area contributed by atoms with Crippen molar-refractivity contribution in [1.29, 1.82) is 0 Å². The van der Waals surface area contributed by atoms with Crippen molar-refractivity contribution < 1.29 is 27.9 Å². The molecule has 0 aliphatic carbocycles. The maximum absolute atomic E-state index is 13.1. The van der Waals surface area contributed by atoms with E-state index in [1.54, 1.807) is 24.3 Å². The van der Waals surface area contributed by atoms with E-state index in [2.05, 4.69) is 5.10 Å². The number of allylic oxidation sites excluding steroid dienone is 1. The number of carboxylic acids is 1. The summed E-state index contributed by atoms with van der Waals surface area (Å²) in [6.07, 6.45) is -1.68. The van der Waals surface area contributed by atoms with Crippen molar-refractivity contribution in [2.45, 2.75) is 33.0 Å². The highest BCUT2D eigenvalue weighted by Gasteiger charge is 2.38. The number of hydrogen-bond acceptors (Lipinski definition) is 4. The average Bonchev–Trinajstić information content (AvgIpc) is 2.79. The number of hydrogen-bond donors (Lipinski definition) is 2. The number of nitrogens with one attached hydrogen (secondary N) is 1. The topological polar surface area (TPSA) is 82.0 Å². The molecule has 2 N–H and O–H groups in total. The molecule has 2 aromatic carbocycles. The number of aliphatic carboxylic acids is 1. The summed E-state index contributed by atoms with van der Waals surface area (Å²) < 4.78 is 39.2. The zero-order valence-electron chi connectivity index (χ0n) is 18.3. The van der Waals surface area contributed by atoms with Gasteiger partial charge >= 0.3 is 12.1 Å². The molecule has 1 aliphatic heterocycles. The number of para-hydroxylation sites is 1. The predicted molar refractivity (Wildman–Crippen MR) is 124 cm³/mol. The lowest BCUT2D eigenvalue weighted by atomic mass is 10.0. The fourth-order valence-corrected chi connectivity index (χ4v) is 2.84. The summed E-state index contributed by atoms with van der Waals surface area (Å²) in [6.45, 7) is 5.65. The van der Waals surface area contributed by atoms with Crippen LogP contribution in [0, 0.1) is 6.92 Å². The van der Waals surface area contributed by atoms with Crippen LogP contribution in [0.1, 0.15) is 31.0 Å². The molecule has 6 nitrogen and oxygen atoms in total. The van der Waals surface area contributed by atoms with Gasteiger partial charge in [-0.1, -0.05) is 73.5 Å². The number of carboxylic acid groups (broad SMARTS) is 1. The van der Waals surface area contributed by atoms with E-state index >= 15 is 0 Å². The van der Waals surface area contributed by atoms with Crippen LogP contribution in [0.25, 0.3) is 0 Å². The molecular formula is C23H25ClF3N3O3. The highest BCUT2D eigenvalue weighted by molar-refractivity contribution is 6.33. The summed E-state index contributed by atoms with van der Waals surface area (Å²) in [5.41, 5.74) is 1.38. The Morgan fingerprint density at radius 1 is 1.18 bits per heavy atom. The molecule has 1 heterocycles. The summed E-state index contributed by atoms with van der Waals surface area (Å²) in [5, 5.41) is 15.3. The van der Waals surface area contributed by atoms with Crippen LogP contribution in [0.3, 0.4) is 0 Å². The van der Waals surface area contributed by atoms with Crippen LogP contribution in [0.15, 0.2) is 65.8 Å². The molecule has 33 heavy (non-hydrogen) atoms. The summed E-state index contributed by atoms with van der Waals surface area (Å²) in [7, 11) is 0. The minimum Gasteiger partial charge on any atom is -0.480 e. The molecule has 178 valence electrons. The standard InChI is InChI=1S/C18H14ClF3N2.C3H5NO3.C2H6/c1-12-6-8-13(9-7-12)15-10-11-17(18(20,21)22)23-24(15)16-5-3-2-4-14(16)19;5-2-4-1-3(6)7;1-2/h2-11,15H,1H3;2H,1H2,(H,4,5)(H,6,7);1-2H3. The van der Waals surface area contributed by atoms with E-state index in [1.165, 1.54) is 11.1 Å². The second-order valence-corrected chi connectivity index (χ2v) is 6.79. The lowest BCUT2D eigenvalue weighted by Gasteiger charge is -2.31. The van der Waals surface area contributed by atoms with Crippen molar-refractivity contribution in [3.63, 3.8) is 0 Å². The van der Waals surface area contributed by atoms with Crippen LogP contribution < -0.4 is 10.3 Å². The van der Waals surface area contributed by atoms with E-state index in [4.69, 9.17) is 16.7 Å². The highest BCUT2D eigenvalue weighted by Crippen LogP contribution is 2.37. The maximum Gasteiger partial charge on any atom is 0.435 e. The number of nitrogens with zero attached hydrogens (tertiary/aromatic N) is 2. The Bertz CT molecular complexity index is 977. The number of carbonyl (C=O) groups excluding carboxylic acids is 1. The Kier molecular flexibility index (Phi) is 11.1. The Morgan fingerprint density at radius 2 is 1.79 bits per heavy atom. The first kappa shape index (κ1) is 27.7. The van der Waals surface area contributed by atoms with Gasteiger partial charge in [0.15, 0.2) is 5.71 Å². The quantitative estimate of drug-likeness (QED) is 0.548. The van der Waals surface area contributed by atoms with Gasteiger partial charge in [-0.15, -0.1) is 0 Å². The Morgan fingerprint density at radius 3 is 2.27 bits per heavy atom. The van der Waals surface area contributed by atoms with Crippen LogP contribution in [-0.4, -0.2) is 35.9 Å². The first-order valence-corrected chi connectivity index (χ1v) is 10.3. The molecule has 1 amide bonds. The van der Waals surface area contributed by atoms with Gasteiger partial charge < -0.3 is 10.4 Å². The molecule has 10 heteroatoms. The second-order valence-electron chi connectivity index (χ2n) is 6.39. The van der Waals surface area contributed by atoms with Crippen LogP contribution in [0.5, 0.6) is 0 Å². The molecular weight excluding hydrogens is 459 g/mol. The number of carbonyl (C=O) groups is 2. The highest BCUT2D eigenvalue weighted by atomic mass is 35.5. The van der Waals surface area contributed by atoms with Crippen molar-refractivity contribution >= 4 is 35.4 Å². The Balaban J connectivity index is 0.000000520. The van der Waals surface area contributed by atoms with Gasteiger partial charge in [0.2, 0.25) is 6.41 Å². The van der Waals surface area contributed by atoms with Gasteiger partial charge in [-0.05, 0) is 30.7 Å². The SMILES string of the molecule is CC.Cc1ccc(C2C=CC(C(F)(F)F)=NN2c2ccccc2Cl)cc1.O=CNCC(=O)O. The third-order valence-electron chi connectivity index (χ3n) is 4.06. The smallest absolute Gasteiger partial charge is 0.435 e. The third-order valence-corrected chi connectivity index (χ3v) is 4.38. The molecule has 1 unspecified atom stereocenters. The van der Waals surface area contributed by atoms with Gasteiger partial charge in [-0.2, -0.15) is 18.3 Å². The van der Waals surface area contributed by atoms with Crippen molar-refractivity contribution in [1.82, 2.24) is 5.32 Å². The van der Waals surface area contributed by atoms with E-state index < -0.39 is 23.9 Å². The van der Waals surface area contributed by atoms with Crippen molar-refractivity contribution in [2.24, 2.45) is 5.10 Å². The van der Waals surface area contributed by atoms with E-state index in [-0.39, 0.29) is 6.54 Å². The first-order valence-electron chi connectivity index (χ1n) is 9.96. The van der Waals surface area contributed by atoms with Gasteiger partial charge in [0.05, 0.1) is 16.8 Å². The van der Waals surface area contributed by atoms with Crippen LogP contribution >= 0.6 is 11.6 Å². The molecule has 0 bridgehead atoms. The maximum atomic E-state index is 13.1. The minimum absolute atomic E-state index is 0.302. The largest absolute Gasteiger partial charge is 0.480 e. The van der Waals surface area contributed by atoms with Crippen LogP contribution in [-0.2, 0) is 9.59 Å². The fourth-order valence-electron chi connectivity index (χ4n) is 2.61. The van der Waals surface area contributed by atoms with Crippen molar-refractivity contribution in [2.75, 3.05) is 11.6 Å². The molecule has 1 aliphatic rings. The Labute approximate surface area is 195 Å². The number of benzene rings is 2. The number of hydrazone groups is 1. The zero-order valence-corrected chi connectivity index (χ0v) is 19.1. The molecule has 2 aromatic rings. The second kappa shape index (κ2) is 13.3. The van der Waals surface area contributed by atoms with Gasteiger partial charge in [0.25, 0.3) is 0 Å². The van der Waals surface area contributed by atoms with Crippen LogP contribution in [0.4, 0.5) is 18.9 Å². The molecule has 0 saturated heterocycles. The first-order chi connectivity index (χ1) is 15.6. The molecule has 0 fully saturated rings. The monoisotopic (exact) mass is 483 g/mol. The summed E-state index contributed by atoms with van der Waals surface area (Å²) >= 11 is 6.18. The fraction of sp³-hybridized carbons (Fsp3) is 0.261. The number of amides is 1. The molecule has 0 spiro atoms. The average molecular weight is 484 g/mol. The lowest BCUT2D eigenvalue weighted by Crippen LogP contribution is -2.32. The van der Waals surface area contributed by atoms with E-state index in [1.807, 2.05) is 50.4 Å². The minimum atomic E-state index is -4.52. The molecule has 0 aromatic heterocycles. The third kappa shape index (κ3) is 8.61.